The fraction of sp³-hybridized carbons (Fsp3) is 0.316. The molecule has 3 aromatic rings. The maximum atomic E-state index is 12.5. The topological polar surface area (TPSA) is 94.1 Å². The lowest BCUT2D eigenvalue weighted by molar-refractivity contribution is -0.130. The number of para-hydroxylation sites is 1. The Labute approximate surface area is 155 Å². The summed E-state index contributed by atoms with van der Waals surface area (Å²) in [5.74, 6) is 0.637. The van der Waals surface area contributed by atoms with Gasteiger partial charge in [0.15, 0.2) is 0 Å². The molecule has 0 spiro atoms. The number of fused-ring (bicyclic) bond motifs is 1. The van der Waals surface area contributed by atoms with Crippen LogP contribution in [-0.4, -0.2) is 43.8 Å². The SMILES string of the molecule is Cc1nonc1CC(=O)N1CC=C(n2c(C)nc(=O)c3ccccc32)CC1. The first-order chi connectivity index (χ1) is 13.0. The van der Waals surface area contributed by atoms with Crippen LogP contribution in [0.2, 0.25) is 0 Å². The first kappa shape index (κ1) is 17.1. The van der Waals surface area contributed by atoms with E-state index in [1.54, 1.807) is 17.9 Å². The zero-order chi connectivity index (χ0) is 19.0. The summed E-state index contributed by atoms with van der Waals surface area (Å²) in [5, 5.41) is 8.08. The van der Waals surface area contributed by atoms with E-state index in [1.807, 2.05) is 35.8 Å². The van der Waals surface area contributed by atoms with Crippen LogP contribution < -0.4 is 5.56 Å². The molecule has 1 aromatic carbocycles. The van der Waals surface area contributed by atoms with Crippen molar-refractivity contribution in [2.75, 3.05) is 13.1 Å². The molecule has 27 heavy (non-hydrogen) atoms. The van der Waals surface area contributed by atoms with E-state index in [0.717, 1.165) is 11.2 Å². The third-order valence-corrected chi connectivity index (χ3v) is 4.85. The van der Waals surface area contributed by atoms with Crippen molar-refractivity contribution in [3.05, 3.63) is 57.9 Å². The van der Waals surface area contributed by atoms with Gasteiger partial charge in [0.2, 0.25) is 5.91 Å². The summed E-state index contributed by atoms with van der Waals surface area (Å²) in [6.45, 7) is 4.68. The fourth-order valence-corrected chi connectivity index (χ4v) is 3.40. The smallest absolute Gasteiger partial charge is 0.280 e. The van der Waals surface area contributed by atoms with Crippen LogP contribution in [0.25, 0.3) is 16.6 Å². The van der Waals surface area contributed by atoms with E-state index in [1.165, 1.54) is 0 Å². The van der Waals surface area contributed by atoms with Crippen molar-refractivity contribution in [3.63, 3.8) is 0 Å². The largest absolute Gasteiger partial charge is 0.338 e. The van der Waals surface area contributed by atoms with Crippen molar-refractivity contribution < 1.29 is 9.42 Å². The van der Waals surface area contributed by atoms with Gasteiger partial charge in [-0.1, -0.05) is 22.4 Å². The van der Waals surface area contributed by atoms with E-state index in [-0.39, 0.29) is 17.9 Å². The minimum absolute atomic E-state index is 0.0105. The monoisotopic (exact) mass is 365 g/mol. The molecule has 0 saturated carbocycles. The molecule has 0 unspecified atom stereocenters. The molecule has 8 nitrogen and oxygen atoms in total. The molecule has 0 fully saturated rings. The first-order valence-corrected chi connectivity index (χ1v) is 8.78. The maximum absolute atomic E-state index is 12.5. The lowest BCUT2D eigenvalue weighted by atomic mass is 10.1. The Balaban J connectivity index is 1.60. The highest BCUT2D eigenvalue weighted by Gasteiger charge is 2.21. The number of carbonyl (C=O) groups is 1. The van der Waals surface area contributed by atoms with Crippen LogP contribution in [0, 0.1) is 13.8 Å². The summed E-state index contributed by atoms with van der Waals surface area (Å²) in [7, 11) is 0. The second kappa shape index (κ2) is 6.79. The lowest BCUT2D eigenvalue weighted by Gasteiger charge is -2.28. The number of carbonyl (C=O) groups excluding carboxylic acids is 1. The highest BCUT2D eigenvalue weighted by molar-refractivity contribution is 5.82. The minimum atomic E-state index is -0.218. The van der Waals surface area contributed by atoms with Crippen molar-refractivity contribution in [2.45, 2.75) is 26.7 Å². The van der Waals surface area contributed by atoms with E-state index < -0.39 is 0 Å². The van der Waals surface area contributed by atoms with Crippen LogP contribution in [0.1, 0.15) is 23.6 Å². The van der Waals surface area contributed by atoms with Crippen molar-refractivity contribution in [2.24, 2.45) is 0 Å². The molecule has 3 heterocycles. The van der Waals surface area contributed by atoms with Gasteiger partial charge >= 0.3 is 0 Å². The van der Waals surface area contributed by atoms with Gasteiger partial charge in [-0.3, -0.25) is 9.59 Å². The summed E-state index contributed by atoms with van der Waals surface area (Å²) in [5.41, 5.74) is 2.87. The number of hydrogen-bond donors (Lipinski definition) is 0. The summed E-state index contributed by atoms with van der Waals surface area (Å²) in [4.78, 5) is 30.6. The van der Waals surface area contributed by atoms with Crippen molar-refractivity contribution in [1.82, 2.24) is 24.8 Å². The minimum Gasteiger partial charge on any atom is -0.338 e. The second-order valence-corrected chi connectivity index (χ2v) is 6.58. The molecule has 0 N–H and O–H groups in total. The summed E-state index contributed by atoms with van der Waals surface area (Å²) in [6, 6.07) is 7.45. The molecule has 4 rings (SSSR count). The molecule has 0 aliphatic carbocycles. The third kappa shape index (κ3) is 3.14. The van der Waals surface area contributed by atoms with Gasteiger partial charge in [-0.2, -0.15) is 4.98 Å². The van der Waals surface area contributed by atoms with Crippen LogP contribution in [0.4, 0.5) is 0 Å². The zero-order valence-electron chi connectivity index (χ0n) is 15.2. The van der Waals surface area contributed by atoms with Crippen LogP contribution in [0.3, 0.4) is 0 Å². The maximum Gasteiger partial charge on any atom is 0.280 e. The van der Waals surface area contributed by atoms with E-state index in [4.69, 9.17) is 0 Å². The normalized spacial score (nSPS) is 14.4. The number of aryl methyl sites for hydroxylation is 2. The zero-order valence-corrected chi connectivity index (χ0v) is 15.2. The average Bonchev–Trinajstić information content (AvgIpc) is 3.07. The molecule has 1 amide bonds. The predicted octanol–water partition coefficient (Wildman–Crippen LogP) is 1.71. The molecule has 8 heteroatoms. The molecular weight excluding hydrogens is 346 g/mol. The van der Waals surface area contributed by atoms with Crippen molar-refractivity contribution in [1.29, 1.82) is 0 Å². The Kier molecular flexibility index (Phi) is 4.31. The number of rotatable bonds is 3. The predicted molar refractivity (Wildman–Crippen MR) is 98.9 cm³/mol. The van der Waals surface area contributed by atoms with Gasteiger partial charge in [-0.15, -0.1) is 0 Å². The van der Waals surface area contributed by atoms with Crippen LogP contribution >= 0.6 is 0 Å². The standard InChI is InChI=1S/C19H19N5O3/c1-12-16(22-27-21-12)11-18(25)23-9-7-14(8-10-23)24-13(2)20-19(26)15-5-3-4-6-17(15)24/h3-7H,8-11H2,1-2H3. The molecule has 0 bridgehead atoms. The van der Waals surface area contributed by atoms with E-state index >= 15 is 0 Å². The average molecular weight is 365 g/mol. The molecule has 1 aliphatic rings. The molecule has 0 saturated heterocycles. The molecular formula is C19H19N5O3. The van der Waals surface area contributed by atoms with Gasteiger partial charge < -0.3 is 9.47 Å². The van der Waals surface area contributed by atoms with Crippen molar-refractivity contribution in [3.8, 4) is 0 Å². The van der Waals surface area contributed by atoms with E-state index in [2.05, 4.69) is 19.9 Å². The van der Waals surface area contributed by atoms with Gasteiger partial charge in [-0.25, -0.2) is 4.63 Å². The van der Waals surface area contributed by atoms with E-state index in [9.17, 15) is 9.59 Å². The molecule has 1 aliphatic heterocycles. The molecule has 0 radical (unpaired) electrons. The fourth-order valence-electron chi connectivity index (χ4n) is 3.40. The molecule has 0 atom stereocenters. The van der Waals surface area contributed by atoms with E-state index in [0.29, 0.717) is 42.1 Å². The van der Waals surface area contributed by atoms with Gasteiger partial charge in [0.1, 0.15) is 17.2 Å². The molecule has 138 valence electrons. The Morgan fingerprint density at radius 3 is 2.74 bits per heavy atom. The quantitative estimate of drug-likeness (QED) is 0.701. The molecule has 2 aromatic heterocycles. The van der Waals surface area contributed by atoms with Gasteiger partial charge in [0.25, 0.3) is 5.56 Å². The number of amides is 1. The highest BCUT2D eigenvalue weighted by atomic mass is 16.6. The van der Waals surface area contributed by atoms with Crippen LogP contribution in [0.15, 0.2) is 39.8 Å². The Hall–Kier alpha value is -3.29. The number of nitrogens with zero attached hydrogens (tertiary/aromatic N) is 5. The summed E-state index contributed by atoms with van der Waals surface area (Å²) >= 11 is 0. The lowest BCUT2D eigenvalue weighted by Crippen LogP contribution is -2.36. The summed E-state index contributed by atoms with van der Waals surface area (Å²) in [6.07, 6.45) is 2.87. The number of aromatic nitrogens is 4. The van der Waals surface area contributed by atoms with Gasteiger partial charge in [-0.05, 0) is 32.1 Å². The summed E-state index contributed by atoms with van der Waals surface area (Å²) < 4.78 is 6.66. The van der Waals surface area contributed by atoms with Crippen molar-refractivity contribution >= 4 is 22.5 Å². The van der Waals surface area contributed by atoms with Crippen LogP contribution in [-0.2, 0) is 11.2 Å². The number of hydrogen-bond acceptors (Lipinski definition) is 6. The van der Waals surface area contributed by atoms with Gasteiger partial charge in [0.05, 0.1) is 17.3 Å². The Morgan fingerprint density at radius 1 is 1.22 bits per heavy atom. The van der Waals surface area contributed by atoms with Crippen LogP contribution in [0.5, 0.6) is 0 Å². The third-order valence-electron chi connectivity index (χ3n) is 4.85. The second-order valence-electron chi connectivity index (χ2n) is 6.58. The first-order valence-electron chi connectivity index (χ1n) is 8.78. The number of benzene rings is 1. The Morgan fingerprint density at radius 2 is 2.04 bits per heavy atom. The Bertz CT molecular complexity index is 1110. The van der Waals surface area contributed by atoms with Gasteiger partial charge in [0, 0.05) is 25.2 Å². The highest BCUT2D eigenvalue weighted by Crippen LogP contribution is 2.22.